The van der Waals surface area contributed by atoms with Crippen molar-refractivity contribution in [2.24, 2.45) is 34.5 Å². The van der Waals surface area contributed by atoms with Gasteiger partial charge in [0, 0.05) is 17.5 Å². The highest BCUT2D eigenvalue weighted by Crippen LogP contribution is 2.69. The van der Waals surface area contributed by atoms with E-state index in [2.05, 4.69) is 121 Å². The molecule has 0 aromatic heterocycles. The Labute approximate surface area is 285 Å². The Morgan fingerprint density at radius 1 is 0.739 bits per heavy atom. The fraction of sp³-hybridized carbons (Fsp3) is 0.561. The number of hydrogen-bond donors (Lipinski definition) is 1. The summed E-state index contributed by atoms with van der Waals surface area (Å²) < 4.78 is 14.3. The Morgan fingerprint density at radius 2 is 1.30 bits per heavy atom. The maximum Gasteiger partial charge on any atom is 0.288 e. The van der Waals surface area contributed by atoms with E-state index in [0.29, 0.717) is 28.0 Å². The fourth-order valence-electron chi connectivity index (χ4n) is 11.8. The number of aliphatic hydroxyl groups is 1. The molecule has 1 unspecified atom stereocenters. The lowest BCUT2D eigenvalue weighted by molar-refractivity contribution is -0.244. The SMILES string of the molecule is C[C@]12CC[C@H]3[C@@H](C[C@@](O)([C@H]4CCCO4)C4C[C@H](O[Si](c5ccccc5)(c5ccccc5)c5ccccc5)CC[C@@]43C)[C@@H]1CC[C@H]2Br. The molecule has 0 amide bonds. The number of benzene rings is 3. The van der Waals surface area contributed by atoms with Crippen LogP contribution in [0.3, 0.4) is 0 Å². The number of hydrogen-bond acceptors (Lipinski definition) is 3. The van der Waals surface area contributed by atoms with E-state index in [1.165, 1.54) is 41.2 Å². The van der Waals surface area contributed by atoms with E-state index in [1.54, 1.807) is 0 Å². The zero-order chi connectivity index (χ0) is 31.6. The molecule has 4 saturated carbocycles. The summed E-state index contributed by atoms with van der Waals surface area (Å²) in [6.45, 7) is 5.90. The van der Waals surface area contributed by atoms with Gasteiger partial charge in [0.05, 0.1) is 11.7 Å². The molecule has 5 heteroatoms. The second-order valence-corrected chi connectivity index (χ2v) is 20.5. The highest BCUT2D eigenvalue weighted by molar-refractivity contribution is 9.09. The number of halogens is 1. The minimum Gasteiger partial charge on any atom is -0.401 e. The van der Waals surface area contributed by atoms with Crippen LogP contribution in [-0.4, -0.2) is 42.7 Å². The van der Waals surface area contributed by atoms with Crippen LogP contribution in [0.15, 0.2) is 91.0 Å². The van der Waals surface area contributed by atoms with E-state index in [4.69, 9.17) is 9.16 Å². The van der Waals surface area contributed by atoms with Gasteiger partial charge < -0.3 is 14.3 Å². The van der Waals surface area contributed by atoms with Crippen LogP contribution in [0, 0.1) is 34.5 Å². The van der Waals surface area contributed by atoms with Gasteiger partial charge in [-0.25, -0.2) is 0 Å². The number of fused-ring (bicyclic) bond motifs is 5. The van der Waals surface area contributed by atoms with Crippen molar-refractivity contribution in [1.29, 1.82) is 0 Å². The van der Waals surface area contributed by atoms with Crippen LogP contribution in [-0.2, 0) is 9.16 Å². The first-order chi connectivity index (χ1) is 22.3. The van der Waals surface area contributed by atoms with Crippen molar-refractivity contribution in [2.45, 2.75) is 101 Å². The molecule has 1 aliphatic heterocycles. The van der Waals surface area contributed by atoms with Crippen LogP contribution >= 0.6 is 15.9 Å². The van der Waals surface area contributed by atoms with Crippen molar-refractivity contribution in [1.82, 2.24) is 0 Å². The fourth-order valence-corrected chi connectivity index (χ4v) is 16.7. The van der Waals surface area contributed by atoms with Crippen LogP contribution in [0.4, 0.5) is 0 Å². The Bertz CT molecular complexity index is 1400. The first kappa shape index (κ1) is 31.5. The first-order valence-electron chi connectivity index (χ1n) is 18.1. The molecule has 1 saturated heterocycles. The van der Waals surface area contributed by atoms with Crippen molar-refractivity contribution in [2.75, 3.05) is 6.61 Å². The lowest BCUT2D eigenvalue weighted by atomic mass is 9.41. The van der Waals surface area contributed by atoms with Gasteiger partial charge in [0.25, 0.3) is 8.32 Å². The van der Waals surface area contributed by atoms with Gasteiger partial charge in [0.15, 0.2) is 0 Å². The molecule has 1 N–H and O–H groups in total. The number of ether oxygens (including phenoxy) is 1. The summed E-state index contributed by atoms with van der Waals surface area (Å²) in [7, 11) is -2.86. The van der Waals surface area contributed by atoms with Gasteiger partial charge in [-0.1, -0.05) is 121 Å². The van der Waals surface area contributed by atoms with E-state index in [9.17, 15) is 5.11 Å². The second kappa shape index (κ2) is 12.0. The normalized spacial score (nSPS) is 40.6. The van der Waals surface area contributed by atoms with Gasteiger partial charge in [-0.3, -0.25) is 0 Å². The molecule has 0 spiro atoms. The van der Waals surface area contributed by atoms with E-state index >= 15 is 0 Å². The lowest BCUT2D eigenvalue weighted by Gasteiger charge is -2.66. The maximum absolute atomic E-state index is 13.2. The van der Waals surface area contributed by atoms with Crippen LogP contribution in [0.1, 0.15) is 78.1 Å². The van der Waals surface area contributed by atoms with Gasteiger partial charge in [-0.2, -0.15) is 0 Å². The largest absolute Gasteiger partial charge is 0.401 e. The molecule has 4 aliphatic carbocycles. The predicted octanol–water partition coefficient (Wildman–Crippen LogP) is 7.36. The van der Waals surface area contributed by atoms with E-state index in [0.717, 1.165) is 45.1 Å². The van der Waals surface area contributed by atoms with Gasteiger partial charge in [-0.05, 0) is 114 Å². The molecular formula is C41H51BrO3Si. The topological polar surface area (TPSA) is 38.7 Å². The zero-order valence-electron chi connectivity index (χ0n) is 27.6. The van der Waals surface area contributed by atoms with Crippen LogP contribution < -0.4 is 15.6 Å². The average molecular weight is 700 g/mol. The molecule has 0 bridgehead atoms. The van der Waals surface area contributed by atoms with Crippen molar-refractivity contribution in [3.8, 4) is 0 Å². The van der Waals surface area contributed by atoms with Gasteiger partial charge in [-0.15, -0.1) is 0 Å². The van der Waals surface area contributed by atoms with Crippen molar-refractivity contribution in [3.63, 3.8) is 0 Å². The smallest absolute Gasteiger partial charge is 0.288 e. The molecule has 5 fully saturated rings. The van der Waals surface area contributed by atoms with Gasteiger partial charge in [0.2, 0.25) is 0 Å². The summed E-state index contributed by atoms with van der Waals surface area (Å²) in [4.78, 5) is 0.600. The Kier molecular flexibility index (Phi) is 8.20. The molecule has 1 heterocycles. The van der Waals surface area contributed by atoms with Crippen molar-refractivity contribution < 1.29 is 14.3 Å². The Hall–Kier alpha value is -1.76. The molecule has 244 valence electrons. The summed E-state index contributed by atoms with van der Waals surface area (Å²) in [6, 6.07) is 33.0. The van der Waals surface area contributed by atoms with Gasteiger partial charge in [0.1, 0.15) is 0 Å². The standard InChI is InChI=1S/C41H51BrO3Si/c1-39-24-22-29(45-46(30-13-6-3-7-14-30,31-15-8-4-9-16-31)32-17-10-5-11-18-32)27-36(39)41(43,38-19-12-26-44-38)28-33-34-20-21-37(42)40(34,2)25-23-35(33)39/h3-11,13-18,29,33-38,43H,12,19-28H2,1-2H3/t29-,33+,34+,35+,36?,37-,38-,39-,40+,41+/m1/s1. The molecule has 10 atom stereocenters. The third-order valence-corrected chi connectivity index (χ3v) is 19.6. The average Bonchev–Trinajstić information content (AvgIpc) is 3.74. The number of alkyl halides is 1. The minimum atomic E-state index is -2.86. The summed E-state index contributed by atoms with van der Waals surface area (Å²) in [5, 5.41) is 17.1. The van der Waals surface area contributed by atoms with E-state index in [-0.39, 0.29) is 23.5 Å². The summed E-state index contributed by atoms with van der Waals surface area (Å²) in [5.74, 6) is 2.09. The van der Waals surface area contributed by atoms with E-state index < -0.39 is 13.9 Å². The van der Waals surface area contributed by atoms with E-state index in [1.807, 2.05) is 0 Å². The predicted molar refractivity (Wildman–Crippen MR) is 193 cm³/mol. The molecular weight excluding hydrogens is 648 g/mol. The monoisotopic (exact) mass is 698 g/mol. The highest BCUT2D eigenvalue weighted by Gasteiger charge is 2.67. The summed E-state index contributed by atoms with van der Waals surface area (Å²) in [5.41, 5.74) is -0.381. The molecule has 3 aromatic rings. The van der Waals surface area contributed by atoms with Crippen LogP contribution in [0.2, 0.25) is 0 Å². The van der Waals surface area contributed by atoms with Crippen LogP contribution in [0.5, 0.6) is 0 Å². The van der Waals surface area contributed by atoms with Crippen molar-refractivity contribution >= 4 is 39.8 Å². The summed E-state index contributed by atoms with van der Waals surface area (Å²) >= 11 is 4.12. The van der Waals surface area contributed by atoms with Crippen LogP contribution in [0.25, 0.3) is 0 Å². The quantitative estimate of drug-likeness (QED) is 0.166. The zero-order valence-corrected chi connectivity index (χ0v) is 30.2. The van der Waals surface area contributed by atoms with Gasteiger partial charge >= 0.3 is 0 Å². The third-order valence-electron chi connectivity index (χ3n) is 14.0. The molecule has 3 aromatic carbocycles. The maximum atomic E-state index is 13.2. The minimum absolute atomic E-state index is 0.0646. The molecule has 8 rings (SSSR count). The third kappa shape index (κ3) is 4.81. The Morgan fingerprint density at radius 3 is 1.87 bits per heavy atom. The first-order valence-corrected chi connectivity index (χ1v) is 20.9. The lowest BCUT2D eigenvalue weighted by Crippen LogP contribution is -2.71. The second-order valence-electron chi connectivity index (χ2n) is 16.0. The summed E-state index contributed by atoms with van der Waals surface area (Å²) in [6.07, 6.45) is 11.2. The molecule has 3 nitrogen and oxygen atoms in total. The highest BCUT2D eigenvalue weighted by atomic mass is 79.9. The molecule has 5 aliphatic rings. The molecule has 46 heavy (non-hydrogen) atoms. The van der Waals surface area contributed by atoms with Crippen molar-refractivity contribution in [3.05, 3.63) is 91.0 Å². The molecule has 0 radical (unpaired) electrons. The Balaban J connectivity index is 1.20. The number of rotatable bonds is 6.